The van der Waals surface area contributed by atoms with Crippen LogP contribution in [0, 0.1) is 11.8 Å². The normalized spacial score (nSPS) is 24.8. The summed E-state index contributed by atoms with van der Waals surface area (Å²) in [7, 11) is -1.81. The fourth-order valence-electron chi connectivity index (χ4n) is 4.11. The molecule has 3 atom stereocenters. The zero-order valence-electron chi connectivity index (χ0n) is 15.7. The molecule has 8 nitrogen and oxygen atoms in total. The van der Waals surface area contributed by atoms with Crippen molar-refractivity contribution in [3.8, 4) is 5.75 Å². The van der Waals surface area contributed by atoms with Gasteiger partial charge in [0, 0.05) is 38.4 Å². The summed E-state index contributed by atoms with van der Waals surface area (Å²) in [5.41, 5.74) is 1.02. The highest BCUT2D eigenvalue weighted by molar-refractivity contribution is 7.88. The first kappa shape index (κ1) is 19.6. The van der Waals surface area contributed by atoms with Gasteiger partial charge in [0.1, 0.15) is 5.75 Å². The Bertz CT molecular complexity index is 824. The maximum absolute atomic E-state index is 12.4. The number of hydrogen-bond donors (Lipinski definition) is 1. The van der Waals surface area contributed by atoms with E-state index in [9.17, 15) is 18.0 Å². The zero-order valence-corrected chi connectivity index (χ0v) is 16.5. The molecule has 2 aliphatic rings. The van der Waals surface area contributed by atoms with Crippen molar-refractivity contribution in [2.45, 2.75) is 13.0 Å². The number of amides is 2. The molecular formula is C18H25N3O5S. The number of benzene rings is 1. The van der Waals surface area contributed by atoms with Crippen LogP contribution in [-0.4, -0.2) is 69.6 Å². The van der Waals surface area contributed by atoms with Gasteiger partial charge in [0.15, 0.2) is 0 Å². The molecule has 0 aliphatic carbocycles. The Labute approximate surface area is 159 Å². The van der Waals surface area contributed by atoms with E-state index in [2.05, 4.69) is 4.72 Å². The summed E-state index contributed by atoms with van der Waals surface area (Å²) in [5.74, 6) is 0.838. The van der Waals surface area contributed by atoms with Gasteiger partial charge in [-0.05, 0) is 17.7 Å². The fraction of sp³-hybridized carbons (Fsp3) is 0.556. The van der Waals surface area contributed by atoms with Crippen molar-refractivity contribution in [3.63, 3.8) is 0 Å². The molecule has 2 heterocycles. The SMILES string of the molecule is COc1ccc([C@H]2[C@@H]3CN(C(=O)CNS(C)(=O)=O)C[C@@H]3CN2C(C)=O)cc1. The van der Waals surface area contributed by atoms with Gasteiger partial charge in [0.05, 0.1) is 26.0 Å². The van der Waals surface area contributed by atoms with Crippen LogP contribution in [-0.2, 0) is 19.6 Å². The molecule has 2 fully saturated rings. The zero-order chi connectivity index (χ0) is 19.8. The molecule has 2 aliphatic heterocycles. The van der Waals surface area contributed by atoms with Gasteiger partial charge in [-0.15, -0.1) is 0 Å². The highest BCUT2D eigenvalue weighted by Crippen LogP contribution is 2.45. The van der Waals surface area contributed by atoms with Crippen molar-refractivity contribution in [2.75, 3.05) is 39.5 Å². The standard InChI is InChI=1S/C18H25N3O5S/c1-12(22)21-10-14-9-20(17(23)8-19-27(3,24)25)11-16(14)18(21)13-4-6-15(26-2)7-5-13/h4-7,14,16,18-19H,8-11H2,1-3H3/t14-,16-,18+/m1/s1. The Kier molecular flexibility index (Phi) is 5.43. The molecule has 3 rings (SSSR count). The lowest BCUT2D eigenvalue weighted by Gasteiger charge is -2.29. The second kappa shape index (κ2) is 7.47. The third kappa shape index (κ3) is 4.24. The number of ether oxygens (including phenoxy) is 1. The molecule has 2 saturated heterocycles. The molecule has 0 radical (unpaired) electrons. The van der Waals surface area contributed by atoms with Gasteiger partial charge in [-0.2, -0.15) is 0 Å². The molecular weight excluding hydrogens is 370 g/mol. The van der Waals surface area contributed by atoms with Crippen LogP contribution in [0.2, 0.25) is 0 Å². The number of carbonyl (C=O) groups is 2. The van der Waals surface area contributed by atoms with Crippen LogP contribution in [0.15, 0.2) is 24.3 Å². The molecule has 0 saturated carbocycles. The molecule has 0 unspecified atom stereocenters. The van der Waals surface area contributed by atoms with E-state index in [0.29, 0.717) is 19.6 Å². The van der Waals surface area contributed by atoms with Gasteiger partial charge in [0.25, 0.3) is 0 Å². The summed E-state index contributed by atoms with van der Waals surface area (Å²) in [6.07, 6.45) is 1.03. The smallest absolute Gasteiger partial charge is 0.237 e. The molecule has 1 N–H and O–H groups in total. The van der Waals surface area contributed by atoms with Crippen LogP contribution in [0.1, 0.15) is 18.5 Å². The minimum absolute atomic E-state index is 0.0156. The lowest BCUT2D eigenvalue weighted by atomic mass is 9.89. The molecule has 0 bridgehead atoms. The fourth-order valence-corrected chi connectivity index (χ4v) is 4.49. The average Bonchev–Trinajstić information content (AvgIpc) is 3.17. The first-order chi connectivity index (χ1) is 12.7. The second-order valence-electron chi connectivity index (χ2n) is 7.21. The van der Waals surface area contributed by atoms with E-state index in [-0.39, 0.29) is 36.2 Å². The van der Waals surface area contributed by atoms with Crippen molar-refractivity contribution < 1.29 is 22.7 Å². The lowest BCUT2D eigenvalue weighted by Crippen LogP contribution is -2.41. The Balaban J connectivity index is 1.76. The van der Waals surface area contributed by atoms with Crippen LogP contribution in [0.3, 0.4) is 0 Å². The third-order valence-electron chi connectivity index (χ3n) is 5.36. The molecule has 27 heavy (non-hydrogen) atoms. The van der Waals surface area contributed by atoms with Gasteiger partial charge in [0.2, 0.25) is 21.8 Å². The quantitative estimate of drug-likeness (QED) is 0.770. The van der Waals surface area contributed by atoms with Crippen molar-refractivity contribution in [1.82, 2.24) is 14.5 Å². The topological polar surface area (TPSA) is 96.0 Å². The number of carbonyl (C=O) groups excluding carboxylic acids is 2. The van der Waals surface area contributed by atoms with E-state index in [0.717, 1.165) is 17.6 Å². The van der Waals surface area contributed by atoms with E-state index in [4.69, 9.17) is 4.74 Å². The van der Waals surface area contributed by atoms with Gasteiger partial charge in [-0.1, -0.05) is 12.1 Å². The molecule has 1 aromatic carbocycles. The van der Waals surface area contributed by atoms with E-state index >= 15 is 0 Å². The summed E-state index contributed by atoms with van der Waals surface area (Å²) in [5, 5.41) is 0. The molecule has 0 aromatic heterocycles. The largest absolute Gasteiger partial charge is 0.497 e. The lowest BCUT2D eigenvalue weighted by molar-refractivity contribution is -0.131. The maximum Gasteiger partial charge on any atom is 0.237 e. The van der Waals surface area contributed by atoms with Crippen LogP contribution in [0.5, 0.6) is 5.75 Å². The number of nitrogens with one attached hydrogen (secondary N) is 1. The van der Waals surface area contributed by atoms with Crippen LogP contribution in [0.25, 0.3) is 0 Å². The van der Waals surface area contributed by atoms with E-state index in [1.807, 2.05) is 29.2 Å². The van der Waals surface area contributed by atoms with E-state index < -0.39 is 10.0 Å². The van der Waals surface area contributed by atoms with Crippen LogP contribution < -0.4 is 9.46 Å². The molecule has 9 heteroatoms. The van der Waals surface area contributed by atoms with Crippen molar-refractivity contribution in [2.24, 2.45) is 11.8 Å². The van der Waals surface area contributed by atoms with Gasteiger partial charge in [-0.3, -0.25) is 9.59 Å². The highest BCUT2D eigenvalue weighted by Gasteiger charge is 2.49. The van der Waals surface area contributed by atoms with Crippen LogP contribution >= 0.6 is 0 Å². The summed E-state index contributed by atoms with van der Waals surface area (Å²) in [6, 6.07) is 7.55. The van der Waals surface area contributed by atoms with Gasteiger partial charge >= 0.3 is 0 Å². The average molecular weight is 395 g/mol. The number of nitrogens with zero attached hydrogens (tertiary/aromatic N) is 2. The maximum atomic E-state index is 12.4. The summed E-state index contributed by atoms with van der Waals surface area (Å²) >= 11 is 0. The van der Waals surface area contributed by atoms with Crippen LogP contribution in [0.4, 0.5) is 0 Å². The van der Waals surface area contributed by atoms with Crippen molar-refractivity contribution >= 4 is 21.8 Å². The first-order valence-corrected chi connectivity index (χ1v) is 10.7. The molecule has 148 valence electrons. The Hall–Kier alpha value is -2.13. The first-order valence-electron chi connectivity index (χ1n) is 8.83. The Morgan fingerprint density at radius 3 is 2.41 bits per heavy atom. The summed E-state index contributed by atoms with van der Waals surface area (Å²) in [4.78, 5) is 28.1. The third-order valence-corrected chi connectivity index (χ3v) is 6.03. The molecule has 2 amide bonds. The number of fused-ring (bicyclic) bond motifs is 1. The Morgan fingerprint density at radius 2 is 1.85 bits per heavy atom. The predicted molar refractivity (Wildman–Crippen MR) is 99.5 cm³/mol. The molecule has 1 aromatic rings. The van der Waals surface area contributed by atoms with E-state index in [1.54, 1.807) is 18.9 Å². The van der Waals surface area contributed by atoms with Gasteiger partial charge < -0.3 is 14.5 Å². The number of methoxy groups -OCH3 is 1. The van der Waals surface area contributed by atoms with Crippen molar-refractivity contribution in [1.29, 1.82) is 0 Å². The Morgan fingerprint density at radius 1 is 1.19 bits per heavy atom. The summed E-state index contributed by atoms with van der Waals surface area (Å²) in [6.45, 7) is 2.97. The highest BCUT2D eigenvalue weighted by atomic mass is 32.2. The van der Waals surface area contributed by atoms with E-state index in [1.165, 1.54) is 0 Å². The molecule has 0 spiro atoms. The summed E-state index contributed by atoms with van der Waals surface area (Å²) < 4.78 is 29.9. The minimum Gasteiger partial charge on any atom is -0.497 e. The van der Waals surface area contributed by atoms with Gasteiger partial charge in [-0.25, -0.2) is 13.1 Å². The number of likely N-dealkylation sites (tertiary alicyclic amines) is 2. The minimum atomic E-state index is -3.41. The number of rotatable bonds is 5. The predicted octanol–water partition coefficient (Wildman–Crippen LogP) is 0.222. The monoisotopic (exact) mass is 395 g/mol. The van der Waals surface area contributed by atoms with Crippen molar-refractivity contribution in [3.05, 3.63) is 29.8 Å². The number of sulfonamides is 1. The number of hydrogen-bond acceptors (Lipinski definition) is 5. The second-order valence-corrected chi connectivity index (χ2v) is 9.04.